The topological polar surface area (TPSA) is 40.3 Å². The number of aliphatic carboxylic acids is 1. The predicted octanol–water partition coefficient (Wildman–Crippen LogP) is 3.77. The van der Waals surface area contributed by atoms with Gasteiger partial charge in [0.15, 0.2) is 5.71 Å². The summed E-state index contributed by atoms with van der Waals surface area (Å²) in [6.45, 7) is 15.3. The Balaban J connectivity index is 2.75. The Hall–Kier alpha value is -1.64. The summed E-state index contributed by atoms with van der Waals surface area (Å²) in [5, 5.41) is 8.64. The van der Waals surface area contributed by atoms with E-state index in [-0.39, 0.29) is 11.8 Å². The summed E-state index contributed by atoms with van der Waals surface area (Å²) in [6, 6.07) is 0. The summed E-state index contributed by atoms with van der Waals surface area (Å²) >= 11 is 0. The van der Waals surface area contributed by atoms with Crippen LogP contribution in [0.4, 0.5) is 0 Å². The molecule has 3 nitrogen and oxygen atoms in total. The largest absolute Gasteiger partial charge is 0.481 e. The summed E-state index contributed by atoms with van der Waals surface area (Å²) < 4.78 is 2.30. The van der Waals surface area contributed by atoms with E-state index in [4.69, 9.17) is 5.11 Å². The fourth-order valence-corrected chi connectivity index (χ4v) is 2.77. The summed E-state index contributed by atoms with van der Waals surface area (Å²) in [7, 11) is 0. The fraction of sp³-hybridized carbons (Fsp3) is 0.529. The van der Waals surface area contributed by atoms with Crippen molar-refractivity contribution < 1.29 is 14.5 Å². The first-order valence-electron chi connectivity index (χ1n) is 7.19. The molecule has 20 heavy (non-hydrogen) atoms. The van der Waals surface area contributed by atoms with Gasteiger partial charge < -0.3 is 5.11 Å². The van der Waals surface area contributed by atoms with Crippen LogP contribution < -0.4 is 0 Å². The van der Waals surface area contributed by atoms with Gasteiger partial charge in [-0.2, -0.15) is 4.58 Å². The van der Waals surface area contributed by atoms with Crippen molar-refractivity contribution in [2.45, 2.75) is 46.5 Å². The van der Waals surface area contributed by atoms with Crippen LogP contribution in [0.3, 0.4) is 0 Å². The number of hydrogen-bond donors (Lipinski definition) is 1. The van der Waals surface area contributed by atoms with E-state index in [1.54, 1.807) is 0 Å². The lowest BCUT2D eigenvalue weighted by molar-refractivity contribution is -0.471. The third-order valence-electron chi connectivity index (χ3n) is 4.22. The van der Waals surface area contributed by atoms with E-state index in [2.05, 4.69) is 38.5 Å². The number of allylic oxidation sites excluding steroid dienone is 3. The molecule has 1 aliphatic heterocycles. The Bertz CT molecular complexity index is 481. The average molecular weight is 276 g/mol. The van der Waals surface area contributed by atoms with E-state index in [1.165, 1.54) is 11.3 Å². The molecule has 1 rings (SSSR count). The first-order valence-corrected chi connectivity index (χ1v) is 7.19. The van der Waals surface area contributed by atoms with Gasteiger partial charge in [0.1, 0.15) is 6.54 Å². The molecule has 1 N–H and O–H groups in total. The van der Waals surface area contributed by atoms with Crippen LogP contribution in [-0.2, 0) is 4.79 Å². The normalized spacial score (nSPS) is 17.6. The first-order chi connectivity index (χ1) is 9.36. The van der Waals surface area contributed by atoms with Crippen molar-refractivity contribution in [1.82, 2.24) is 0 Å². The van der Waals surface area contributed by atoms with E-state index in [1.807, 2.05) is 12.2 Å². The molecular formula is C17H26NO2+. The number of unbranched alkanes of at least 4 members (excludes halogenated alkanes) is 2. The lowest BCUT2D eigenvalue weighted by Gasteiger charge is -2.15. The lowest BCUT2D eigenvalue weighted by Crippen LogP contribution is -2.25. The number of nitrogens with zero attached hydrogens (tertiary/aromatic N) is 1. The highest BCUT2D eigenvalue weighted by molar-refractivity contribution is 5.89. The van der Waals surface area contributed by atoms with Crippen LogP contribution >= 0.6 is 0 Å². The van der Waals surface area contributed by atoms with Gasteiger partial charge in [-0.05, 0) is 26.7 Å². The van der Waals surface area contributed by atoms with Gasteiger partial charge in [-0.1, -0.05) is 19.2 Å². The predicted molar refractivity (Wildman–Crippen MR) is 83.1 cm³/mol. The lowest BCUT2D eigenvalue weighted by atomic mass is 9.81. The van der Waals surface area contributed by atoms with Crippen LogP contribution in [0.2, 0.25) is 0 Å². The van der Waals surface area contributed by atoms with Gasteiger partial charge in [-0.3, -0.25) is 4.79 Å². The second-order valence-corrected chi connectivity index (χ2v) is 5.77. The molecule has 0 atom stereocenters. The monoisotopic (exact) mass is 276 g/mol. The van der Waals surface area contributed by atoms with Gasteiger partial charge in [0.25, 0.3) is 0 Å². The van der Waals surface area contributed by atoms with Crippen LogP contribution in [0, 0.1) is 5.41 Å². The molecule has 0 spiro atoms. The number of rotatable bonds is 8. The maximum atomic E-state index is 10.5. The Labute approximate surface area is 122 Å². The minimum absolute atomic E-state index is 0.00760. The number of carboxylic acid groups (broad SMARTS) is 1. The zero-order chi connectivity index (χ0) is 15.3. The molecule has 0 saturated carbocycles. The molecule has 1 heterocycles. The van der Waals surface area contributed by atoms with E-state index < -0.39 is 5.97 Å². The van der Waals surface area contributed by atoms with Crippen LogP contribution in [0.1, 0.15) is 46.5 Å². The zero-order valence-corrected chi connectivity index (χ0v) is 12.9. The molecule has 0 amide bonds. The molecular weight excluding hydrogens is 250 g/mol. The second kappa shape index (κ2) is 6.69. The number of carboxylic acids is 1. The van der Waals surface area contributed by atoms with Crippen molar-refractivity contribution in [2.24, 2.45) is 5.41 Å². The Morgan fingerprint density at radius 3 is 2.40 bits per heavy atom. The maximum absolute atomic E-state index is 10.5. The third-order valence-corrected chi connectivity index (χ3v) is 4.22. The van der Waals surface area contributed by atoms with Gasteiger partial charge in [0.2, 0.25) is 5.70 Å². The Morgan fingerprint density at radius 1 is 1.25 bits per heavy atom. The summed E-state index contributed by atoms with van der Waals surface area (Å²) in [6.07, 6.45) is 6.74. The molecule has 0 aromatic heterocycles. The molecule has 0 aliphatic carbocycles. The van der Waals surface area contributed by atoms with Gasteiger partial charge in [0, 0.05) is 31.4 Å². The molecule has 0 bridgehead atoms. The van der Waals surface area contributed by atoms with Crippen LogP contribution in [-0.4, -0.2) is 27.9 Å². The highest BCUT2D eigenvalue weighted by atomic mass is 16.4. The van der Waals surface area contributed by atoms with Gasteiger partial charge in [-0.15, -0.1) is 0 Å². The minimum Gasteiger partial charge on any atom is -0.481 e. The van der Waals surface area contributed by atoms with Gasteiger partial charge in [-0.25, -0.2) is 0 Å². The molecule has 0 radical (unpaired) electrons. The standard InChI is InChI=1S/C17H25NO2/c1-6-14-15(7-2)18(13(3)17(14,4)5)12-10-8-9-11-16(19)20/h6-7H,1-2,8-12H2,3-5H3/p+1. The van der Waals surface area contributed by atoms with E-state index >= 15 is 0 Å². The molecule has 0 aromatic rings. The highest BCUT2D eigenvalue weighted by Gasteiger charge is 2.42. The van der Waals surface area contributed by atoms with E-state index in [0.717, 1.165) is 31.5 Å². The molecule has 1 aliphatic rings. The quantitative estimate of drug-likeness (QED) is 0.541. The Kier molecular flexibility index (Phi) is 5.49. The second-order valence-electron chi connectivity index (χ2n) is 5.77. The van der Waals surface area contributed by atoms with E-state index in [9.17, 15) is 4.79 Å². The molecule has 0 fully saturated rings. The molecule has 110 valence electrons. The Morgan fingerprint density at radius 2 is 1.90 bits per heavy atom. The van der Waals surface area contributed by atoms with E-state index in [0.29, 0.717) is 0 Å². The van der Waals surface area contributed by atoms with Crippen molar-refractivity contribution in [3.8, 4) is 0 Å². The molecule has 3 heteroatoms. The third kappa shape index (κ3) is 3.27. The SMILES string of the molecule is C=CC1=C(C=C)C(C)(C)C(C)=[N+]1CCCCCC(=O)O. The van der Waals surface area contributed by atoms with Gasteiger partial charge in [0.05, 0.1) is 5.41 Å². The maximum Gasteiger partial charge on any atom is 0.303 e. The number of hydrogen-bond acceptors (Lipinski definition) is 1. The smallest absolute Gasteiger partial charge is 0.303 e. The first kappa shape index (κ1) is 16.4. The molecule has 0 unspecified atom stereocenters. The fourth-order valence-electron chi connectivity index (χ4n) is 2.77. The van der Waals surface area contributed by atoms with Crippen molar-refractivity contribution in [3.63, 3.8) is 0 Å². The molecule has 0 aromatic carbocycles. The van der Waals surface area contributed by atoms with Crippen molar-refractivity contribution in [2.75, 3.05) is 6.54 Å². The highest BCUT2D eigenvalue weighted by Crippen LogP contribution is 2.37. The summed E-state index contributed by atoms with van der Waals surface area (Å²) in [5.74, 6) is -0.712. The minimum atomic E-state index is -0.712. The average Bonchev–Trinajstić information content (AvgIpc) is 2.57. The number of carbonyl (C=O) groups is 1. The zero-order valence-electron chi connectivity index (χ0n) is 12.9. The van der Waals surface area contributed by atoms with Crippen molar-refractivity contribution >= 4 is 11.7 Å². The van der Waals surface area contributed by atoms with Crippen LogP contribution in [0.25, 0.3) is 0 Å². The van der Waals surface area contributed by atoms with Crippen molar-refractivity contribution in [1.29, 1.82) is 0 Å². The van der Waals surface area contributed by atoms with Crippen LogP contribution in [0.5, 0.6) is 0 Å². The summed E-state index contributed by atoms with van der Waals surface area (Å²) in [5.41, 5.74) is 3.66. The van der Waals surface area contributed by atoms with Crippen molar-refractivity contribution in [3.05, 3.63) is 36.6 Å². The summed E-state index contributed by atoms with van der Waals surface area (Å²) in [4.78, 5) is 10.5. The van der Waals surface area contributed by atoms with Crippen LogP contribution in [0.15, 0.2) is 36.6 Å². The van der Waals surface area contributed by atoms with Gasteiger partial charge >= 0.3 is 5.97 Å². The molecule has 0 saturated heterocycles.